The van der Waals surface area contributed by atoms with Crippen molar-refractivity contribution in [2.24, 2.45) is 0 Å². The third kappa shape index (κ3) is 8.73. The number of ether oxygens (including phenoxy) is 1. The lowest BCUT2D eigenvalue weighted by molar-refractivity contribution is -0.140. The van der Waals surface area contributed by atoms with Crippen LogP contribution in [0.15, 0.2) is 114 Å². The molecule has 0 unspecified atom stereocenters. The fourth-order valence-corrected chi connectivity index (χ4v) is 7.66. The van der Waals surface area contributed by atoms with Gasteiger partial charge < -0.3 is 15.0 Å². The van der Waals surface area contributed by atoms with E-state index in [1.54, 1.807) is 60.7 Å². The van der Waals surface area contributed by atoms with Gasteiger partial charge in [0.1, 0.15) is 18.3 Å². The normalized spacial score (nSPS) is 14.2. The Morgan fingerprint density at radius 2 is 1.49 bits per heavy atom. The summed E-state index contributed by atoms with van der Waals surface area (Å²) in [6.45, 7) is -0.527. The molecule has 0 spiro atoms. The highest BCUT2D eigenvalue weighted by atomic mass is 35.5. The molecule has 0 radical (unpaired) electrons. The second kappa shape index (κ2) is 16.0. The average Bonchev–Trinajstić information content (AvgIpc) is 3.10. The molecule has 4 aromatic rings. The monoisotopic (exact) mass is 673 g/mol. The molecule has 47 heavy (non-hydrogen) atoms. The van der Waals surface area contributed by atoms with Gasteiger partial charge in [0, 0.05) is 24.0 Å². The molecule has 0 saturated heterocycles. The van der Waals surface area contributed by atoms with Crippen molar-refractivity contribution in [3.8, 4) is 5.75 Å². The predicted molar refractivity (Wildman–Crippen MR) is 185 cm³/mol. The highest BCUT2D eigenvalue weighted by Gasteiger charge is 2.36. The van der Waals surface area contributed by atoms with Gasteiger partial charge in [0.05, 0.1) is 17.7 Å². The lowest BCUT2D eigenvalue weighted by Crippen LogP contribution is -2.55. The number of halogens is 1. The standard InChI is InChI=1S/C37H40ClN3O5S/c1-46-35-23-12-11-22-33(35)41(47(44,45)32-20-9-4-10-21-32)27-36(42)40(26-29-16-13-17-30(38)24-29)34(25-28-14-5-2-6-15-28)37(43)39-31-18-7-3-8-19-31/h2,4-6,9-17,20-24,31,34H,3,7-8,18-19,25-27H2,1H3,(H,39,43)/t34-/m0/s1. The highest BCUT2D eigenvalue weighted by molar-refractivity contribution is 7.92. The number of hydrogen-bond donors (Lipinski definition) is 1. The van der Waals surface area contributed by atoms with Crippen LogP contribution >= 0.6 is 11.6 Å². The number of anilines is 1. The Kier molecular flexibility index (Phi) is 11.6. The summed E-state index contributed by atoms with van der Waals surface area (Å²) in [6, 6.07) is 30.4. The minimum Gasteiger partial charge on any atom is -0.495 e. The number of rotatable bonds is 13. The van der Waals surface area contributed by atoms with Crippen LogP contribution in [0.4, 0.5) is 5.69 Å². The first kappa shape index (κ1) is 34.0. The van der Waals surface area contributed by atoms with Gasteiger partial charge in [0.2, 0.25) is 11.8 Å². The molecule has 1 aliphatic carbocycles. The number of nitrogens with zero attached hydrogens (tertiary/aromatic N) is 2. The first-order chi connectivity index (χ1) is 22.8. The predicted octanol–water partition coefficient (Wildman–Crippen LogP) is 6.63. The number of methoxy groups -OCH3 is 1. The molecule has 1 fully saturated rings. The molecule has 1 atom stereocenters. The van der Waals surface area contributed by atoms with E-state index in [-0.39, 0.29) is 41.2 Å². The van der Waals surface area contributed by atoms with Crippen LogP contribution in [0.3, 0.4) is 0 Å². The number of amides is 2. The maximum atomic E-state index is 14.7. The van der Waals surface area contributed by atoms with Crippen LogP contribution in [0.5, 0.6) is 5.75 Å². The average molecular weight is 674 g/mol. The van der Waals surface area contributed by atoms with Crippen molar-refractivity contribution < 1.29 is 22.7 Å². The Labute approximate surface area is 282 Å². The Morgan fingerprint density at radius 1 is 0.851 bits per heavy atom. The minimum atomic E-state index is -4.24. The molecule has 1 N–H and O–H groups in total. The molecular weight excluding hydrogens is 634 g/mol. The van der Waals surface area contributed by atoms with E-state index in [0.717, 1.165) is 42.0 Å². The zero-order valence-electron chi connectivity index (χ0n) is 26.4. The summed E-state index contributed by atoms with van der Waals surface area (Å²) in [5.74, 6) is -0.530. The van der Waals surface area contributed by atoms with E-state index in [2.05, 4.69) is 5.32 Å². The second-order valence-corrected chi connectivity index (χ2v) is 14.0. The van der Waals surface area contributed by atoms with Crippen molar-refractivity contribution >= 4 is 39.1 Å². The maximum absolute atomic E-state index is 14.7. The Bertz CT molecular complexity index is 1750. The summed E-state index contributed by atoms with van der Waals surface area (Å²) in [4.78, 5) is 30.4. The van der Waals surface area contributed by atoms with Crippen LogP contribution in [-0.4, -0.2) is 50.9 Å². The number of para-hydroxylation sites is 2. The summed E-state index contributed by atoms with van der Waals surface area (Å²) < 4.78 is 35.1. The van der Waals surface area contributed by atoms with E-state index in [1.165, 1.54) is 24.1 Å². The molecule has 4 aromatic carbocycles. The number of nitrogens with one attached hydrogen (secondary N) is 1. The fourth-order valence-electron chi connectivity index (χ4n) is 6.00. The second-order valence-electron chi connectivity index (χ2n) is 11.7. The van der Waals surface area contributed by atoms with Gasteiger partial charge in [-0.3, -0.25) is 13.9 Å². The molecule has 2 amide bonds. The molecule has 0 heterocycles. The first-order valence-corrected chi connectivity index (χ1v) is 17.7. The van der Waals surface area contributed by atoms with Crippen LogP contribution in [0.1, 0.15) is 43.2 Å². The molecule has 0 aliphatic heterocycles. The molecule has 246 valence electrons. The Hall–Kier alpha value is -4.34. The van der Waals surface area contributed by atoms with E-state index in [1.807, 2.05) is 36.4 Å². The Morgan fingerprint density at radius 3 is 2.17 bits per heavy atom. The summed E-state index contributed by atoms with van der Waals surface area (Å²) >= 11 is 6.35. The quantitative estimate of drug-likeness (QED) is 0.172. The van der Waals surface area contributed by atoms with E-state index in [0.29, 0.717) is 10.6 Å². The number of sulfonamides is 1. The maximum Gasteiger partial charge on any atom is 0.264 e. The van der Waals surface area contributed by atoms with Crippen LogP contribution in [0.2, 0.25) is 5.02 Å². The minimum absolute atomic E-state index is 0.0150. The van der Waals surface area contributed by atoms with Crippen LogP contribution in [0.25, 0.3) is 0 Å². The number of benzene rings is 4. The topological polar surface area (TPSA) is 96.0 Å². The molecule has 8 nitrogen and oxygen atoms in total. The van der Waals surface area contributed by atoms with Gasteiger partial charge in [0.15, 0.2) is 0 Å². The third-order valence-corrected chi connectivity index (χ3v) is 10.4. The van der Waals surface area contributed by atoms with E-state index < -0.39 is 28.5 Å². The molecular formula is C37H40ClN3O5S. The van der Waals surface area contributed by atoms with Crippen molar-refractivity contribution in [3.05, 3.63) is 125 Å². The van der Waals surface area contributed by atoms with Gasteiger partial charge in [-0.05, 0) is 60.4 Å². The van der Waals surface area contributed by atoms with E-state index in [9.17, 15) is 18.0 Å². The first-order valence-electron chi connectivity index (χ1n) is 15.9. The van der Waals surface area contributed by atoms with Crippen molar-refractivity contribution in [2.45, 2.75) is 62.0 Å². The highest BCUT2D eigenvalue weighted by Crippen LogP contribution is 2.33. The fraction of sp³-hybridized carbons (Fsp3) is 0.297. The van der Waals surface area contributed by atoms with Gasteiger partial charge in [-0.2, -0.15) is 0 Å². The molecule has 1 saturated carbocycles. The zero-order chi connectivity index (χ0) is 33.2. The van der Waals surface area contributed by atoms with E-state index >= 15 is 0 Å². The van der Waals surface area contributed by atoms with Gasteiger partial charge in [-0.15, -0.1) is 0 Å². The molecule has 0 aromatic heterocycles. The van der Waals surface area contributed by atoms with Crippen molar-refractivity contribution in [2.75, 3.05) is 18.0 Å². The molecule has 5 rings (SSSR count). The summed E-state index contributed by atoms with van der Waals surface area (Å²) in [5, 5.41) is 3.71. The zero-order valence-corrected chi connectivity index (χ0v) is 28.0. The Balaban J connectivity index is 1.58. The van der Waals surface area contributed by atoms with Gasteiger partial charge in [0.25, 0.3) is 10.0 Å². The van der Waals surface area contributed by atoms with Crippen LogP contribution in [-0.2, 0) is 32.6 Å². The van der Waals surface area contributed by atoms with Gasteiger partial charge >= 0.3 is 0 Å². The van der Waals surface area contributed by atoms with Crippen LogP contribution < -0.4 is 14.4 Å². The van der Waals surface area contributed by atoms with Crippen molar-refractivity contribution in [3.63, 3.8) is 0 Å². The third-order valence-electron chi connectivity index (χ3n) is 8.43. The van der Waals surface area contributed by atoms with Gasteiger partial charge in [-0.25, -0.2) is 8.42 Å². The lowest BCUT2D eigenvalue weighted by Gasteiger charge is -2.35. The number of carbonyl (C=O) groups is 2. The number of carbonyl (C=O) groups excluding carboxylic acids is 2. The SMILES string of the molecule is COc1ccccc1N(CC(=O)N(Cc1cccc(Cl)c1)[C@@H](Cc1ccccc1)C(=O)NC1CCCCC1)S(=O)(=O)c1ccccc1. The number of hydrogen-bond acceptors (Lipinski definition) is 5. The molecule has 1 aliphatic rings. The molecule has 0 bridgehead atoms. The van der Waals surface area contributed by atoms with Crippen molar-refractivity contribution in [1.29, 1.82) is 0 Å². The van der Waals surface area contributed by atoms with Crippen LogP contribution in [0, 0.1) is 0 Å². The van der Waals surface area contributed by atoms with E-state index in [4.69, 9.17) is 16.3 Å². The summed E-state index contributed by atoms with van der Waals surface area (Å²) in [7, 11) is -2.79. The lowest BCUT2D eigenvalue weighted by atomic mass is 9.94. The smallest absolute Gasteiger partial charge is 0.264 e. The van der Waals surface area contributed by atoms with Gasteiger partial charge in [-0.1, -0.05) is 104 Å². The largest absolute Gasteiger partial charge is 0.495 e. The summed E-state index contributed by atoms with van der Waals surface area (Å²) in [6.07, 6.45) is 5.20. The van der Waals surface area contributed by atoms with Crippen molar-refractivity contribution in [1.82, 2.24) is 10.2 Å². The summed E-state index contributed by atoms with van der Waals surface area (Å²) in [5.41, 5.74) is 1.80. The molecule has 10 heteroatoms.